The third-order valence-corrected chi connectivity index (χ3v) is 3.78. The van der Waals surface area contributed by atoms with Gasteiger partial charge in [-0.2, -0.15) is 0 Å². The Kier molecular flexibility index (Phi) is 2.70. The fourth-order valence-corrected chi connectivity index (χ4v) is 3.07. The molecule has 1 aliphatic heterocycles. The van der Waals surface area contributed by atoms with Crippen LogP contribution in [0.15, 0.2) is 48.1 Å². The molecular weight excluding hydrogens is 236 g/mol. The van der Waals surface area contributed by atoms with E-state index < -0.39 is 5.79 Å². The van der Waals surface area contributed by atoms with Crippen molar-refractivity contribution in [2.75, 3.05) is 13.2 Å². The van der Waals surface area contributed by atoms with Gasteiger partial charge in [0.2, 0.25) is 5.79 Å². The van der Waals surface area contributed by atoms with Gasteiger partial charge in [-0.25, -0.2) is 0 Å². The molecule has 0 unspecified atom stereocenters. The van der Waals surface area contributed by atoms with Crippen molar-refractivity contribution >= 4 is 5.57 Å². The fraction of sp³-hybridized carbons (Fsp3) is 0.412. The lowest BCUT2D eigenvalue weighted by Gasteiger charge is -2.48. The Morgan fingerprint density at radius 1 is 1.05 bits per heavy atom. The van der Waals surface area contributed by atoms with E-state index in [4.69, 9.17) is 9.47 Å². The zero-order valence-electron chi connectivity index (χ0n) is 11.8. The van der Waals surface area contributed by atoms with Crippen LogP contribution in [0.1, 0.15) is 26.3 Å². The van der Waals surface area contributed by atoms with Crippen LogP contribution in [0.4, 0.5) is 0 Å². The van der Waals surface area contributed by atoms with E-state index in [0.717, 1.165) is 11.1 Å². The summed E-state index contributed by atoms with van der Waals surface area (Å²) >= 11 is 0. The highest BCUT2D eigenvalue weighted by molar-refractivity contribution is 5.90. The first kappa shape index (κ1) is 12.6. The molecule has 1 spiro atoms. The highest BCUT2D eigenvalue weighted by Crippen LogP contribution is 2.58. The van der Waals surface area contributed by atoms with E-state index in [1.807, 2.05) is 18.2 Å². The molecule has 0 bridgehead atoms. The number of hydrogen-bond acceptors (Lipinski definition) is 2. The smallest absolute Gasteiger partial charge is 0.223 e. The monoisotopic (exact) mass is 256 g/mol. The molecule has 1 aliphatic carbocycles. The summed E-state index contributed by atoms with van der Waals surface area (Å²) in [6.45, 7) is 12.1. The first-order valence-electron chi connectivity index (χ1n) is 6.75. The van der Waals surface area contributed by atoms with Crippen LogP contribution >= 0.6 is 0 Å². The SMILES string of the molecule is C=C1C(C(C)(C)C)=C(c2ccccc2)C12OCCO2. The molecule has 2 nitrogen and oxygen atoms in total. The maximum atomic E-state index is 5.90. The predicted molar refractivity (Wildman–Crippen MR) is 76.6 cm³/mol. The molecule has 19 heavy (non-hydrogen) atoms. The summed E-state index contributed by atoms with van der Waals surface area (Å²) in [6, 6.07) is 10.3. The van der Waals surface area contributed by atoms with Crippen molar-refractivity contribution in [3.63, 3.8) is 0 Å². The average molecular weight is 256 g/mol. The van der Waals surface area contributed by atoms with Gasteiger partial charge in [0, 0.05) is 11.1 Å². The number of benzene rings is 1. The molecule has 0 atom stereocenters. The second kappa shape index (κ2) is 4.06. The van der Waals surface area contributed by atoms with Crippen molar-refractivity contribution < 1.29 is 9.47 Å². The summed E-state index contributed by atoms with van der Waals surface area (Å²) in [5, 5.41) is 0. The van der Waals surface area contributed by atoms with Crippen LogP contribution in [0, 0.1) is 5.41 Å². The fourth-order valence-electron chi connectivity index (χ4n) is 3.07. The van der Waals surface area contributed by atoms with E-state index >= 15 is 0 Å². The van der Waals surface area contributed by atoms with Gasteiger partial charge in [0.05, 0.1) is 13.2 Å². The molecule has 1 aromatic rings. The largest absolute Gasteiger partial charge is 0.340 e. The third-order valence-electron chi connectivity index (χ3n) is 3.78. The summed E-state index contributed by atoms with van der Waals surface area (Å²) in [7, 11) is 0. The van der Waals surface area contributed by atoms with Crippen LogP contribution in [-0.2, 0) is 9.47 Å². The van der Waals surface area contributed by atoms with Crippen molar-refractivity contribution in [2.24, 2.45) is 5.41 Å². The lowest BCUT2D eigenvalue weighted by Crippen LogP contribution is -2.46. The van der Waals surface area contributed by atoms with E-state index in [1.165, 1.54) is 11.1 Å². The van der Waals surface area contributed by atoms with Crippen LogP contribution < -0.4 is 0 Å². The Bertz CT molecular complexity index is 540. The standard InChI is InChI=1S/C17H20O2/c1-12-14(16(2,3)4)15(13-8-6-5-7-9-13)17(12)18-10-11-19-17/h5-9H,1,10-11H2,2-4H3. The summed E-state index contributed by atoms with van der Waals surface area (Å²) in [6.07, 6.45) is 0. The van der Waals surface area contributed by atoms with Crippen LogP contribution in [-0.4, -0.2) is 19.0 Å². The molecule has 0 radical (unpaired) electrons. The van der Waals surface area contributed by atoms with E-state index in [1.54, 1.807) is 0 Å². The molecule has 1 heterocycles. The summed E-state index contributed by atoms with van der Waals surface area (Å²) < 4.78 is 11.8. The second-order valence-corrected chi connectivity index (χ2v) is 6.16. The molecule has 3 rings (SSSR count). The van der Waals surface area contributed by atoms with Crippen LogP contribution in [0.2, 0.25) is 0 Å². The zero-order chi connectivity index (χ0) is 13.7. The Morgan fingerprint density at radius 3 is 2.16 bits per heavy atom. The minimum atomic E-state index is -0.691. The molecule has 1 saturated heterocycles. The van der Waals surface area contributed by atoms with Crippen LogP contribution in [0.25, 0.3) is 5.57 Å². The summed E-state index contributed by atoms with van der Waals surface area (Å²) in [5.41, 5.74) is 4.62. The first-order chi connectivity index (χ1) is 8.97. The van der Waals surface area contributed by atoms with Gasteiger partial charge in [0.1, 0.15) is 0 Å². The average Bonchev–Trinajstić information content (AvgIpc) is 2.86. The van der Waals surface area contributed by atoms with Crippen molar-refractivity contribution in [2.45, 2.75) is 26.6 Å². The van der Waals surface area contributed by atoms with Crippen molar-refractivity contribution in [1.29, 1.82) is 0 Å². The lowest BCUT2D eigenvalue weighted by atomic mass is 9.64. The number of hydrogen-bond donors (Lipinski definition) is 0. The Hall–Kier alpha value is -1.38. The second-order valence-electron chi connectivity index (χ2n) is 6.16. The topological polar surface area (TPSA) is 18.5 Å². The van der Waals surface area contributed by atoms with Gasteiger partial charge in [-0.1, -0.05) is 57.7 Å². The first-order valence-corrected chi connectivity index (χ1v) is 6.75. The van der Waals surface area contributed by atoms with Gasteiger partial charge in [-0.15, -0.1) is 0 Å². The molecule has 2 aliphatic rings. The van der Waals surface area contributed by atoms with Crippen molar-refractivity contribution in [3.05, 3.63) is 53.6 Å². The quantitative estimate of drug-likeness (QED) is 0.761. The Balaban J connectivity index is 2.19. The number of rotatable bonds is 1. The van der Waals surface area contributed by atoms with Gasteiger partial charge in [-0.05, 0) is 16.6 Å². The van der Waals surface area contributed by atoms with Crippen LogP contribution in [0.5, 0.6) is 0 Å². The Labute approximate surface area is 114 Å². The zero-order valence-corrected chi connectivity index (χ0v) is 11.8. The maximum Gasteiger partial charge on any atom is 0.223 e. The van der Waals surface area contributed by atoms with E-state index in [9.17, 15) is 0 Å². The molecule has 1 aromatic carbocycles. The van der Waals surface area contributed by atoms with Gasteiger partial charge in [0.25, 0.3) is 0 Å². The van der Waals surface area contributed by atoms with Crippen molar-refractivity contribution in [3.8, 4) is 0 Å². The Morgan fingerprint density at radius 2 is 1.63 bits per heavy atom. The number of ether oxygens (including phenoxy) is 2. The molecule has 0 N–H and O–H groups in total. The minimum Gasteiger partial charge on any atom is -0.340 e. The van der Waals surface area contributed by atoms with E-state index in [2.05, 4.69) is 39.5 Å². The minimum absolute atomic E-state index is 0.0445. The lowest BCUT2D eigenvalue weighted by molar-refractivity contribution is -0.0852. The molecule has 0 amide bonds. The van der Waals surface area contributed by atoms with E-state index in [0.29, 0.717) is 13.2 Å². The summed E-state index contributed by atoms with van der Waals surface area (Å²) in [5.74, 6) is -0.691. The third kappa shape index (κ3) is 1.71. The molecule has 1 fully saturated rings. The molecule has 100 valence electrons. The molecule has 0 aromatic heterocycles. The van der Waals surface area contributed by atoms with Gasteiger partial charge < -0.3 is 9.47 Å². The maximum absolute atomic E-state index is 5.90. The predicted octanol–water partition coefficient (Wildman–Crippen LogP) is 3.80. The molecule has 0 saturated carbocycles. The van der Waals surface area contributed by atoms with Crippen LogP contribution in [0.3, 0.4) is 0 Å². The van der Waals surface area contributed by atoms with Gasteiger partial charge in [-0.3, -0.25) is 0 Å². The van der Waals surface area contributed by atoms with Gasteiger partial charge in [0.15, 0.2) is 0 Å². The molecular formula is C17H20O2. The van der Waals surface area contributed by atoms with Crippen molar-refractivity contribution in [1.82, 2.24) is 0 Å². The molecule has 2 heteroatoms. The van der Waals surface area contributed by atoms with Gasteiger partial charge >= 0.3 is 0 Å². The highest BCUT2D eigenvalue weighted by atomic mass is 16.7. The normalized spacial score (nSPS) is 21.9. The summed E-state index contributed by atoms with van der Waals surface area (Å²) in [4.78, 5) is 0. The van der Waals surface area contributed by atoms with E-state index in [-0.39, 0.29) is 5.41 Å². The highest BCUT2D eigenvalue weighted by Gasteiger charge is 2.56.